The molecule has 0 aromatic heterocycles. The first-order valence-electron chi connectivity index (χ1n) is 6.04. The van der Waals surface area contributed by atoms with E-state index < -0.39 is 0 Å². The molecule has 0 unspecified atom stereocenters. The molecular formula is C16H17O. The number of rotatable bonds is 4. The molecule has 0 spiro atoms. The maximum atomic E-state index is 5.89. The fourth-order valence-electron chi connectivity index (χ4n) is 1.87. The molecule has 0 aliphatic rings. The van der Waals surface area contributed by atoms with E-state index >= 15 is 0 Å². The molecule has 0 atom stereocenters. The van der Waals surface area contributed by atoms with E-state index in [9.17, 15) is 0 Å². The molecule has 87 valence electrons. The molecule has 1 heteroatoms. The fourth-order valence-corrected chi connectivity index (χ4v) is 1.87. The van der Waals surface area contributed by atoms with Crippen molar-refractivity contribution in [2.75, 3.05) is 0 Å². The Labute approximate surface area is 103 Å². The maximum absolute atomic E-state index is 5.89. The Morgan fingerprint density at radius 2 is 1.88 bits per heavy atom. The summed E-state index contributed by atoms with van der Waals surface area (Å²) in [4.78, 5) is 0. The normalized spacial score (nSPS) is 10.2. The lowest BCUT2D eigenvalue weighted by Gasteiger charge is -2.12. The van der Waals surface area contributed by atoms with E-state index in [1.165, 1.54) is 11.1 Å². The Bertz CT molecular complexity index is 474. The molecule has 0 fully saturated rings. The van der Waals surface area contributed by atoms with E-state index in [1.54, 1.807) is 0 Å². The van der Waals surface area contributed by atoms with Gasteiger partial charge in [-0.1, -0.05) is 43.7 Å². The van der Waals surface area contributed by atoms with E-state index in [2.05, 4.69) is 26.0 Å². The average Bonchev–Trinajstić information content (AvgIpc) is 2.35. The summed E-state index contributed by atoms with van der Waals surface area (Å²) in [6.45, 7) is 4.30. The SMILES string of the molecule is CCCc1c(Oc2ccccc2)[c]ccc1C. The molecule has 0 heterocycles. The van der Waals surface area contributed by atoms with Crippen LogP contribution in [0.2, 0.25) is 0 Å². The van der Waals surface area contributed by atoms with Crippen LogP contribution in [-0.4, -0.2) is 0 Å². The molecule has 0 aliphatic carbocycles. The summed E-state index contributed by atoms with van der Waals surface area (Å²) in [5.74, 6) is 1.73. The minimum atomic E-state index is 0.859. The summed E-state index contributed by atoms with van der Waals surface area (Å²) >= 11 is 0. The second-order valence-corrected chi connectivity index (χ2v) is 4.13. The van der Waals surface area contributed by atoms with Gasteiger partial charge >= 0.3 is 0 Å². The second-order valence-electron chi connectivity index (χ2n) is 4.13. The molecule has 0 aliphatic heterocycles. The molecule has 2 aromatic carbocycles. The van der Waals surface area contributed by atoms with Crippen LogP contribution in [0.5, 0.6) is 11.5 Å². The van der Waals surface area contributed by atoms with Crippen molar-refractivity contribution in [3.05, 3.63) is 59.7 Å². The highest BCUT2D eigenvalue weighted by Gasteiger charge is 2.07. The highest BCUT2D eigenvalue weighted by atomic mass is 16.5. The predicted octanol–water partition coefficient (Wildman–Crippen LogP) is 4.54. The van der Waals surface area contributed by atoms with Crippen LogP contribution < -0.4 is 4.74 Å². The van der Waals surface area contributed by atoms with Gasteiger partial charge in [-0.2, -0.15) is 0 Å². The molecule has 1 radical (unpaired) electrons. The van der Waals surface area contributed by atoms with Gasteiger partial charge in [0.15, 0.2) is 0 Å². The summed E-state index contributed by atoms with van der Waals surface area (Å²) in [5.41, 5.74) is 2.54. The summed E-state index contributed by atoms with van der Waals surface area (Å²) in [5, 5.41) is 0. The van der Waals surface area contributed by atoms with Crippen LogP contribution >= 0.6 is 0 Å². The number of para-hydroxylation sites is 1. The first kappa shape index (κ1) is 11.7. The lowest BCUT2D eigenvalue weighted by molar-refractivity contribution is 0.474. The zero-order valence-electron chi connectivity index (χ0n) is 10.4. The van der Waals surface area contributed by atoms with Crippen LogP contribution in [0.1, 0.15) is 24.5 Å². The standard InChI is InChI=1S/C16H17O/c1-3-8-15-13(2)9-7-12-16(15)17-14-10-5-4-6-11-14/h4-7,9-11H,3,8H2,1-2H3. The minimum absolute atomic E-state index is 0.859. The van der Waals surface area contributed by atoms with Crippen LogP contribution in [0, 0.1) is 13.0 Å². The molecule has 1 nitrogen and oxygen atoms in total. The van der Waals surface area contributed by atoms with Crippen LogP contribution in [-0.2, 0) is 6.42 Å². The summed E-state index contributed by atoms with van der Waals surface area (Å²) in [6.07, 6.45) is 2.15. The van der Waals surface area contributed by atoms with Gasteiger partial charge in [-0.3, -0.25) is 0 Å². The molecule has 17 heavy (non-hydrogen) atoms. The van der Waals surface area contributed by atoms with Gasteiger partial charge in [0, 0.05) is 6.07 Å². The van der Waals surface area contributed by atoms with Gasteiger partial charge in [-0.05, 0) is 36.6 Å². The van der Waals surface area contributed by atoms with Crippen molar-refractivity contribution in [2.24, 2.45) is 0 Å². The molecule has 2 aromatic rings. The third kappa shape index (κ3) is 2.88. The van der Waals surface area contributed by atoms with Gasteiger partial charge in [0.2, 0.25) is 0 Å². The minimum Gasteiger partial charge on any atom is -0.456 e. The number of hydrogen-bond acceptors (Lipinski definition) is 1. The Kier molecular flexibility index (Phi) is 3.81. The van der Waals surface area contributed by atoms with Crippen molar-refractivity contribution < 1.29 is 4.74 Å². The zero-order valence-corrected chi connectivity index (χ0v) is 10.4. The lowest BCUT2D eigenvalue weighted by atomic mass is 10.0. The monoisotopic (exact) mass is 225 g/mol. The third-order valence-electron chi connectivity index (χ3n) is 2.76. The first-order chi connectivity index (χ1) is 8.31. The number of hydrogen-bond donors (Lipinski definition) is 0. The van der Waals surface area contributed by atoms with Crippen molar-refractivity contribution in [3.63, 3.8) is 0 Å². The van der Waals surface area contributed by atoms with E-state index in [0.29, 0.717) is 0 Å². The van der Waals surface area contributed by atoms with Crippen LogP contribution in [0.15, 0.2) is 42.5 Å². The zero-order chi connectivity index (χ0) is 12.1. The van der Waals surface area contributed by atoms with E-state index in [1.807, 2.05) is 36.4 Å². The smallest absolute Gasteiger partial charge is 0.138 e. The van der Waals surface area contributed by atoms with Crippen molar-refractivity contribution in [2.45, 2.75) is 26.7 Å². The summed E-state index contributed by atoms with van der Waals surface area (Å²) < 4.78 is 5.89. The van der Waals surface area contributed by atoms with Crippen molar-refractivity contribution >= 4 is 0 Å². The van der Waals surface area contributed by atoms with Crippen molar-refractivity contribution in [1.82, 2.24) is 0 Å². The Morgan fingerprint density at radius 1 is 1.12 bits per heavy atom. The molecule has 2 rings (SSSR count). The highest BCUT2D eigenvalue weighted by molar-refractivity contribution is 5.41. The van der Waals surface area contributed by atoms with Crippen LogP contribution in [0.4, 0.5) is 0 Å². The van der Waals surface area contributed by atoms with Crippen molar-refractivity contribution in [3.8, 4) is 11.5 Å². The predicted molar refractivity (Wildman–Crippen MR) is 70.5 cm³/mol. The quantitative estimate of drug-likeness (QED) is 0.742. The van der Waals surface area contributed by atoms with Gasteiger partial charge in [-0.25, -0.2) is 0 Å². The molecular weight excluding hydrogens is 208 g/mol. The lowest BCUT2D eigenvalue weighted by Crippen LogP contribution is -1.94. The summed E-state index contributed by atoms with van der Waals surface area (Å²) in [7, 11) is 0. The Balaban J connectivity index is 2.29. The Morgan fingerprint density at radius 3 is 2.59 bits per heavy atom. The fraction of sp³-hybridized carbons (Fsp3) is 0.250. The first-order valence-corrected chi connectivity index (χ1v) is 6.04. The third-order valence-corrected chi connectivity index (χ3v) is 2.76. The van der Waals surface area contributed by atoms with E-state index in [0.717, 1.165) is 24.3 Å². The topological polar surface area (TPSA) is 9.23 Å². The number of aryl methyl sites for hydroxylation is 1. The number of ether oxygens (including phenoxy) is 1. The molecule has 0 amide bonds. The van der Waals surface area contributed by atoms with Gasteiger partial charge in [0.05, 0.1) is 0 Å². The summed E-state index contributed by atoms with van der Waals surface area (Å²) in [6, 6.07) is 17.1. The highest BCUT2D eigenvalue weighted by Crippen LogP contribution is 2.27. The Hall–Kier alpha value is -1.76. The van der Waals surface area contributed by atoms with Gasteiger partial charge < -0.3 is 4.74 Å². The maximum Gasteiger partial charge on any atom is 0.138 e. The van der Waals surface area contributed by atoms with Crippen LogP contribution in [0.3, 0.4) is 0 Å². The molecule has 0 saturated carbocycles. The second kappa shape index (κ2) is 5.53. The van der Waals surface area contributed by atoms with Gasteiger partial charge in [0.1, 0.15) is 11.5 Å². The molecule has 0 N–H and O–H groups in total. The van der Waals surface area contributed by atoms with E-state index in [-0.39, 0.29) is 0 Å². The molecule has 0 bridgehead atoms. The largest absolute Gasteiger partial charge is 0.456 e. The van der Waals surface area contributed by atoms with Gasteiger partial charge in [-0.15, -0.1) is 0 Å². The van der Waals surface area contributed by atoms with E-state index in [4.69, 9.17) is 4.74 Å². The average molecular weight is 225 g/mol. The molecule has 0 saturated heterocycles. The van der Waals surface area contributed by atoms with Gasteiger partial charge in [0.25, 0.3) is 0 Å². The number of benzene rings is 2. The van der Waals surface area contributed by atoms with Crippen molar-refractivity contribution in [1.29, 1.82) is 0 Å². The van der Waals surface area contributed by atoms with Crippen LogP contribution in [0.25, 0.3) is 0 Å².